The lowest BCUT2D eigenvalue weighted by molar-refractivity contribution is -0.116. The summed E-state index contributed by atoms with van der Waals surface area (Å²) in [6, 6.07) is 3.02. The Kier molecular flexibility index (Phi) is 6.96. The van der Waals surface area contributed by atoms with Gasteiger partial charge in [0.2, 0.25) is 5.91 Å². The smallest absolute Gasteiger partial charge is 0.242 e. The summed E-state index contributed by atoms with van der Waals surface area (Å²) in [6.07, 6.45) is 1.36. The first-order chi connectivity index (χ1) is 9.47. The summed E-state index contributed by atoms with van der Waals surface area (Å²) < 4.78 is 18.8. The molecule has 112 valence electrons. The fourth-order valence-electron chi connectivity index (χ4n) is 1.78. The predicted octanol–water partition coefficient (Wildman–Crippen LogP) is 3.81. The Morgan fingerprint density at radius 1 is 1.40 bits per heavy atom. The standard InChI is InChI=1S/C15H21ClFNO2/c1-4-8-20-9-7-12(16)15(19)18-14-10(2)5-6-13(17)11(14)3/h5-6,12H,4,7-9H2,1-3H3,(H,18,19). The maximum atomic E-state index is 13.5. The third kappa shape index (κ3) is 4.76. The van der Waals surface area contributed by atoms with Gasteiger partial charge in [0.15, 0.2) is 0 Å². The van der Waals surface area contributed by atoms with Crippen molar-refractivity contribution in [2.75, 3.05) is 18.5 Å². The van der Waals surface area contributed by atoms with Crippen molar-refractivity contribution in [3.05, 3.63) is 29.1 Å². The second kappa shape index (κ2) is 8.22. The van der Waals surface area contributed by atoms with Gasteiger partial charge in [-0.25, -0.2) is 4.39 Å². The molecule has 0 aromatic heterocycles. The second-order valence-corrected chi connectivity index (χ2v) is 5.25. The van der Waals surface area contributed by atoms with Gasteiger partial charge in [0.1, 0.15) is 11.2 Å². The molecule has 1 rings (SSSR count). The van der Waals surface area contributed by atoms with Gasteiger partial charge in [0.05, 0.1) is 0 Å². The van der Waals surface area contributed by atoms with Gasteiger partial charge in [-0.05, 0) is 38.3 Å². The second-order valence-electron chi connectivity index (χ2n) is 4.72. The van der Waals surface area contributed by atoms with E-state index in [1.807, 2.05) is 13.8 Å². The van der Waals surface area contributed by atoms with Gasteiger partial charge in [0.25, 0.3) is 0 Å². The number of ether oxygens (including phenoxy) is 1. The van der Waals surface area contributed by atoms with Crippen molar-refractivity contribution < 1.29 is 13.9 Å². The first-order valence-corrected chi connectivity index (χ1v) is 7.19. The van der Waals surface area contributed by atoms with Crippen LogP contribution in [0.25, 0.3) is 0 Å². The number of aryl methyl sites for hydroxylation is 1. The van der Waals surface area contributed by atoms with Crippen LogP contribution in [0, 0.1) is 19.7 Å². The predicted molar refractivity (Wildman–Crippen MR) is 79.9 cm³/mol. The molecule has 3 nitrogen and oxygen atoms in total. The Balaban J connectivity index is 2.60. The molecule has 0 radical (unpaired) electrons. The Bertz CT molecular complexity index is 465. The molecule has 1 N–H and O–H groups in total. The van der Waals surface area contributed by atoms with E-state index >= 15 is 0 Å². The van der Waals surface area contributed by atoms with Crippen LogP contribution in [0.4, 0.5) is 10.1 Å². The Labute approximate surface area is 124 Å². The van der Waals surface area contributed by atoms with Crippen LogP contribution >= 0.6 is 11.6 Å². The quantitative estimate of drug-likeness (QED) is 0.614. The molecule has 1 amide bonds. The molecule has 0 fully saturated rings. The summed E-state index contributed by atoms with van der Waals surface area (Å²) >= 11 is 6.02. The number of benzene rings is 1. The Morgan fingerprint density at radius 2 is 2.10 bits per heavy atom. The van der Waals surface area contributed by atoms with E-state index < -0.39 is 5.38 Å². The van der Waals surface area contributed by atoms with E-state index in [2.05, 4.69) is 5.32 Å². The minimum absolute atomic E-state index is 0.330. The lowest BCUT2D eigenvalue weighted by atomic mass is 10.1. The molecule has 0 heterocycles. The maximum absolute atomic E-state index is 13.5. The molecule has 0 aliphatic heterocycles. The van der Waals surface area contributed by atoms with Gasteiger partial charge >= 0.3 is 0 Å². The Hall–Kier alpha value is -1.13. The highest BCUT2D eigenvalue weighted by molar-refractivity contribution is 6.32. The maximum Gasteiger partial charge on any atom is 0.242 e. The molecule has 0 saturated heterocycles. The van der Waals surface area contributed by atoms with Crippen molar-refractivity contribution in [3.63, 3.8) is 0 Å². The minimum atomic E-state index is -0.686. The van der Waals surface area contributed by atoms with Crippen LogP contribution in [0.1, 0.15) is 30.9 Å². The normalized spacial score (nSPS) is 12.2. The largest absolute Gasteiger partial charge is 0.381 e. The van der Waals surface area contributed by atoms with E-state index in [-0.39, 0.29) is 11.7 Å². The van der Waals surface area contributed by atoms with Crippen molar-refractivity contribution in [1.29, 1.82) is 0 Å². The molecule has 0 spiro atoms. The summed E-state index contributed by atoms with van der Waals surface area (Å²) in [7, 11) is 0. The van der Waals surface area contributed by atoms with E-state index in [9.17, 15) is 9.18 Å². The fourth-order valence-corrected chi connectivity index (χ4v) is 1.92. The number of rotatable bonds is 7. The van der Waals surface area contributed by atoms with Crippen molar-refractivity contribution in [3.8, 4) is 0 Å². The van der Waals surface area contributed by atoms with Crippen LogP contribution in [-0.2, 0) is 9.53 Å². The lowest BCUT2D eigenvalue weighted by Crippen LogP contribution is -2.25. The average Bonchev–Trinajstić information content (AvgIpc) is 2.43. The molecule has 20 heavy (non-hydrogen) atoms. The zero-order chi connectivity index (χ0) is 15.1. The summed E-state index contributed by atoms with van der Waals surface area (Å²) in [5.41, 5.74) is 1.72. The first-order valence-electron chi connectivity index (χ1n) is 6.75. The van der Waals surface area contributed by atoms with Crippen molar-refractivity contribution >= 4 is 23.2 Å². The van der Waals surface area contributed by atoms with Gasteiger partial charge < -0.3 is 10.1 Å². The van der Waals surface area contributed by atoms with E-state index in [1.165, 1.54) is 6.07 Å². The summed E-state index contributed by atoms with van der Waals surface area (Å²) in [5.74, 6) is -0.674. The SMILES string of the molecule is CCCOCCC(Cl)C(=O)Nc1c(C)ccc(F)c1C. The molecule has 0 saturated carbocycles. The van der Waals surface area contributed by atoms with E-state index in [1.54, 1.807) is 13.0 Å². The number of amides is 1. The van der Waals surface area contributed by atoms with Crippen LogP contribution in [0.3, 0.4) is 0 Å². The number of nitrogens with one attached hydrogen (secondary N) is 1. The van der Waals surface area contributed by atoms with E-state index in [0.717, 1.165) is 12.0 Å². The molecule has 5 heteroatoms. The minimum Gasteiger partial charge on any atom is -0.381 e. The van der Waals surface area contributed by atoms with Gasteiger partial charge in [-0.15, -0.1) is 11.6 Å². The molecule has 1 unspecified atom stereocenters. The number of alkyl halides is 1. The summed E-state index contributed by atoms with van der Waals surface area (Å²) in [6.45, 7) is 6.56. The van der Waals surface area contributed by atoms with Crippen molar-refractivity contribution in [1.82, 2.24) is 0 Å². The van der Waals surface area contributed by atoms with Gasteiger partial charge in [0, 0.05) is 24.5 Å². The third-order valence-corrected chi connectivity index (χ3v) is 3.42. The molecular weight excluding hydrogens is 281 g/mol. The molecular formula is C15H21ClFNO2. The van der Waals surface area contributed by atoms with Crippen LogP contribution in [-0.4, -0.2) is 24.5 Å². The highest BCUT2D eigenvalue weighted by Crippen LogP contribution is 2.23. The zero-order valence-corrected chi connectivity index (χ0v) is 12.9. The highest BCUT2D eigenvalue weighted by atomic mass is 35.5. The molecule has 0 aliphatic carbocycles. The topological polar surface area (TPSA) is 38.3 Å². The molecule has 1 atom stereocenters. The fraction of sp³-hybridized carbons (Fsp3) is 0.533. The number of carbonyl (C=O) groups is 1. The van der Waals surface area contributed by atoms with Crippen molar-refractivity contribution in [2.45, 2.75) is 39.0 Å². The van der Waals surface area contributed by atoms with E-state index in [4.69, 9.17) is 16.3 Å². The lowest BCUT2D eigenvalue weighted by Gasteiger charge is -2.15. The third-order valence-electron chi connectivity index (χ3n) is 3.00. The molecule has 0 bridgehead atoms. The number of anilines is 1. The van der Waals surface area contributed by atoms with Crippen molar-refractivity contribution in [2.24, 2.45) is 0 Å². The average molecular weight is 302 g/mol. The monoisotopic (exact) mass is 301 g/mol. The molecule has 1 aromatic carbocycles. The van der Waals surface area contributed by atoms with Gasteiger partial charge in [-0.2, -0.15) is 0 Å². The highest BCUT2D eigenvalue weighted by Gasteiger charge is 2.18. The molecule has 0 aliphatic rings. The van der Waals surface area contributed by atoms with Crippen LogP contribution in [0.2, 0.25) is 0 Å². The number of hydrogen-bond donors (Lipinski definition) is 1. The molecule has 1 aromatic rings. The van der Waals surface area contributed by atoms with Crippen LogP contribution in [0.15, 0.2) is 12.1 Å². The van der Waals surface area contributed by atoms with E-state index in [0.29, 0.717) is 30.9 Å². The Morgan fingerprint density at radius 3 is 2.75 bits per heavy atom. The van der Waals surface area contributed by atoms with Crippen LogP contribution < -0.4 is 5.32 Å². The van der Waals surface area contributed by atoms with Gasteiger partial charge in [-0.1, -0.05) is 13.0 Å². The number of halogens is 2. The zero-order valence-electron chi connectivity index (χ0n) is 12.1. The summed E-state index contributed by atoms with van der Waals surface area (Å²) in [5, 5.41) is 2.01. The summed E-state index contributed by atoms with van der Waals surface area (Å²) in [4.78, 5) is 12.0. The van der Waals surface area contributed by atoms with Gasteiger partial charge in [-0.3, -0.25) is 4.79 Å². The number of carbonyl (C=O) groups excluding carboxylic acids is 1. The van der Waals surface area contributed by atoms with Crippen LogP contribution in [0.5, 0.6) is 0 Å². The first kappa shape index (κ1) is 16.9. The number of hydrogen-bond acceptors (Lipinski definition) is 2.